The topological polar surface area (TPSA) is 52.3 Å². The van der Waals surface area contributed by atoms with Crippen molar-refractivity contribution in [2.45, 2.75) is 19.4 Å². The summed E-state index contributed by atoms with van der Waals surface area (Å²) in [4.78, 5) is 11.0. The second kappa shape index (κ2) is 4.77. The highest BCUT2D eigenvalue weighted by Crippen LogP contribution is 2.18. The lowest BCUT2D eigenvalue weighted by Crippen LogP contribution is -2.30. The second-order valence-corrected chi connectivity index (χ2v) is 3.23. The Bertz CT molecular complexity index is 323. The molecule has 0 saturated heterocycles. The van der Waals surface area contributed by atoms with Gasteiger partial charge in [-0.2, -0.15) is 0 Å². The molecule has 0 aliphatic carbocycles. The third-order valence-corrected chi connectivity index (χ3v) is 2.15. The number of hydrogen-bond acceptors (Lipinski definition) is 3. The molecule has 0 heterocycles. The number of Topliss-reactive ketones (excluding diaryl/α,β-unsaturated/α-hetero) is 1. The summed E-state index contributed by atoms with van der Waals surface area (Å²) < 4.78 is 5.16. The first-order valence-corrected chi connectivity index (χ1v) is 4.53. The van der Waals surface area contributed by atoms with Crippen LogP contribution in [0.15, 0.2) is 24.3 Å². The lowest BCUT2D eigenvalue weighted by Gasteiger charge is -2.11. The summed E-state index contributed by atoms with van der Waals surface area (Å²) in [5.41, 5.74) is 6.64. The number of rotatable bonds is 4. The fraction of sp³-hybridized carbons (Fsp3) is 0.364. The summed E-state index contributed by atoms with van der Waals surface area (Å²) >= 11 is 0. The standard InChI is InChI=1S/C11H15NO2/c1-8(13)10(12)7-9-5-3-4-6-11(9)14-2/h3-6,10H,7,12H2,1-2H3. The predicted octanol–water partition coefficient (Wildman–Crippen LogP) is 1.15. The van der Waals surface area contributed by atoms with Crippen LogP contribution < -0.4 is 10.5 Å². The van der Waals surface area contributed by atoms with E-state index in [1.807, 2.05) is 24.3 Å². The number of methoxy groups -OCH3 is 1. The Morgan fingerprint density at radius 2 is 2.14 bits per heavy atom. The van der Waals surface area contributed by atoms with Crippen molar-refractivity contribution in [2.75, 3.05) is 7.11 Å². The molecule has 1 rings (SSSR count). The van der Waals surface area contributed by atoms with E-state index < -0.39 is 6.04 Å². The Morgan fingerprint density at radius 1 is 1.50 bits per heavy atom. The van der Waals surface area contributed by atoms with Gasteiger partial charge < -0.3 is 10.5 Å². The molecular formula is C11H15NO2. The van der Waals surface area contributed by atoms with E-state index >= 15 is 0 Å². The van der Waals surface area contributed by atoms with Crippen LogP contribution in [0.2, 0.25) is 0 Å². The molecule has 0 amide bonds. The summed E-state index contributed by atoms with van der Waals surface area (Å²) in [5, 5.41) is 0. The van der Waals surface area contributed by atoms with Gasteiger partial charge in [0.1, 0.15) is 11.5 Å². The molecule has 1 aromatic carbocycles. The summed E-state index contributed by atoms with van der Waals surface area (Å²) in [6.07, 6.45) is 0.527. The average molecular weight is 193 g/mol. The molecule has 0 spiro atoms. The maximum Gasteiger partial charge on any atom is 0.146 e. The van der Waals surface area contributed by atoms with Crippen LogP contribution in [0, 0.1) is 0 Å². The molecule has 2 N–H and O–H groups in total. The Labute approximate surface area is 83.9 Å². The fourth-order valence-electron chi connectivity index (χ4n) is 1.25. The van der Waals surface area contributed by atoms with E-state index in [0.29, 0.717) is 6.42 Å². The highest BCUT2D eigenvalue weighted by atomic mass is 16.5. The van der Waals surface area contributed by atoms with E-state index in [-0.39, 0.29) is 5.78 Å². The molecule has 1 unspecified atom stereocenters. The molecule has 0 fully saturated rings. The first-order valence-electron chi connectivity index (χ1n) is 4.53. The van der Waals surface area contributed by atoms with Gasteiger partial charge in [-0.25, -0.2) is 0 Å². The Morgan fingerprint density at radius 3 is 2.71 bits per heavy atom. The zero-order chi connectivity index (χ0) is 10.6. The van der Waals surface area contributed by atoms with Crippen LogP contribution >= 0.6 is 0 Å². The molecule has 0 radical (unpaired) electrons. The molecule has 0 aliphatic rings. The van der Waals surface area contributed by atoms with Gasteiger partial charge in [0.2, 0.25) is 0 Å². The van der Waals surface area contributed by atoms with Crippen molar-refractivity contribution < 1.29 is 9.53 Å². The predicted molar refractivity (Wildman–Crippen MR) is 55.4 cm³/mol. The monoisotopic (exact) mass is 193 g/mol. The van der Waals surface area contributed by atoms with Crippen LogP contribution in [-0.4, -0.2) is 18.9 Å². The van der Waals surface area contributed by atoms with Gasteiger partial charge in [0.15, 0.2) is 0 Å². The van der Waals surface area contributed by atoms with Crippen LogP contribution in [0.3, 0.4) is 0 Å². The van der Waals surface area contributed by atoms with Crippen molar-refractivity contribution in [3.8, 4) is 5.75 Å². The van der Waals surface area contributed by atoms with Crippen LogP contribution in [0.4, 0.5) is 0 Å². The summed E-state index contributed by atoms with van der Waals surface area (Å²) in [6.45, 7) is 1.50. The molecule has 14 heavy (non-hydrogen) atoms. The minimum Gasteiger partial charge on any atom is -0.496 e. The Kier molecular flexibility index (Phi) is 3.65. The van der Waals surface area contributed by atoms with E-state index in [4.69, 9.17) is 10.5 Å². The maximum absolute atomic E-state index is 11.0. The molecule has 0 aromatic heterocycles. The van der Waals surface area contributed by atoms with Gasteiger partial charge in [-0.05, 0) is 25.0 Å². The molecule has 0 bridgehead atoms. The van der Waals surface area contributed by atoms with Crippen molar-refractivity contribution >= 4 is 5.78 Å². The summed E-state index contributed by atoms with van der Waals surface area (Å²) in [6, 6.07) is 7.14. The first kappa shape index (κ1) is 10.7. The lowest BCUT2D eigenvalue weighted by atomic mass is 10.0. The number of nitrogens with two attached hydrogens (primary N) is 1. The molecule has 1 atom stereocenters. The number of hydrogen-bond donors (Lipinski definition) is 1. The zero-order valence-electron chi connectivity index (χ0n) is 8.49. The van der Waals surface area contributed by atoms with Gasteiger partial charge in [-0.3, -0.25) is 4.79 Å². The first-order chi connectivity index (χ1) is 6.65. The highest BCUT2D eigenvalue weighted by molar-refractivity contribution is 5.81. The second-order valence-electron chi connectivity index (χ2n) is 3.23. The van der Waals surface area contributed by atoms with E-state index in [1.54, 1.807) is 7.11 Å². The van der Waals surface area contributed by atoms with Crippen molar-refractivity contribution in [3.63, 3.8) is 0 Å². The van der Waals surface area contributed by atoms with Crippen LogP contribution in [-0.2, 0) is 11.2 Å². The van der Waals surface area contributed by atoms with Gasteiger partial charge in [0.25, 0.3) is 0 Å². The molecule has 0 aliphatic heterocycles. The smallest absolute Gasteiger partial charge is 0.146 e. The van der Waals surface area contributed by atoms with E-state index in [9.17, 15) is 4.79 Å². The quantitative estimate of drug-likeness (QED) is 0.780. The third kappa shape index (κ3) is 2.57. The zero-order valence-corrected chi connectivity index (χ0v) is 8.49. The Balaban J connectivity index is 2.80. The fourth-order valence-corrected chi connectivity index (χ4v) is 1.25. The van der Waals surface area contributed by atoms with Gasteiger partial charge in [-0.15, -0.1) is 0 Å². The summed E-state index contributed by atoms with van der Waals surface area (Å²) in [7, 11) is 1.61. The molecule has 76 valence electrons. The number of para-hydroxylation sites is 1. The van der Waals surface area contributed by atoms with Crippen molar-refractivity contribution in [1.29, 1.82) is 0 Å². The maximum atomic E-state index is 11.0. The number of carbonyl (C=O) groups is 1. The van der Waals surface area contributed by atoms with E-state index in [1.165, 1.54) is 6.92 Å². The normalized spacial score (nSPS) is 12.2. The number of ether oxygens (including phenoxy) is 1. The lowest BCUT2D eigenvalue weighted by molar-refractivity contribution is -0.118. The number of carbonyl (C=O) groups excluding carboxylic acids is 1. The van der Waals surface area contributed by atoms with Crippen molar-refractivity contribution in [1.82, 2.24) is 0 Å². The SMILES string of the molecule is COc1ccccc1CC(N)C(C)=O. The van der Waals surface area contributed by atoms with Gasteiger partial charge >= 0.3 is 0 Å². The van der Waals surface area contributed by atoms with Gasteiger partial charge in [-0.1, -0.05) is 18.2 Å². The largest absolute Gasteiger partial charge is 0.496 e. The third-order valence-electron chi connectivity index (χ3n) is 2.15. The number of benzene rings is 1. The van der Waals surface area contributed by atoms with Gasteiger partial charge in [0, 0.05) is 0 Å². The minimum absolute atomic E-state index is 0.00379. The molecular weight excluding hydrogens is 178 g/mol. The van der Waals surface area contributed by atoms with Crippen molar-refractivity contribution in [2.24, 2.45) is 5.73 Å². The van der Waals surface area contributed by atoms with Crippen LogP contribution in [0.25, 0.3) is 0 Å². The van der Waals surface area contributed by atoms with Crippen LogP contribution in [0.1, 0.15) is 12.5 Å². The van der Waals surface area contributed by atoms with Crippen molar-refractivity contribution in [3.05, 3.63) is 29.8 Å². The van der Waals surface area contributed by atoms with E-state index in [0.717, 1.165) is 11.3 Å². The molecule has 1 aromatic rings. The Hall–Kier alpha value is -1.35. The van der Waals surface area contributed by atoms with E-state index in [2.05, 4.69) is 0 Å². The van der Waals surface area contributed by atoms with Gasteiger partial charge in [0.05, 0.1) is 13.2 Å². The number of ketones is 1. The summed E-state index contributed by atoms with van der Waals surface area (Å²) in [5.74, 6) is 0.778. The minimum atomic E-state index is -0.439. The molecule has 0 saturated carbocycles. The molecule has 3 nitrogen and oxygen atoms in total. The molecule has 3 heteroatoms. The highest BCUT2D eigenvalue weighted by Gasteiger charge is 2.11. The average Bonchev–Trinajstić information content (AvgIpc) is 2.18. The van der Waals surface area contributed by atoms with Crippen LogP contribution in [0.5, 0.6) is 5.75 Å².